The second kappa shape index (κ2) is 39.1. The highest BCUT2D eigenvalue weighted by molar-refractivity contribution is 9.10. The number of hydrogen-bond donors (Lipinski definition) is 4. The first-order valence-electron chi connectivity index (χ1n) is 32.9. The first-order chi connectivity index (χ1) is 51.9. The minimum atomic E-state index is -3.85. The summed E-state index contributed by atoms with van der Waals surface area (Å²) in [6.07, 6.45) is 0.244. The van der Waals surface area contributed by atoms with Crippen molar-refractivity contribution in [3.63, 3.8) is 0 Å². The molecule has 4 N–H and O–H groups in total. The lowest BCUT2D eigenvalue weighted by atomic mass is 10.1. The van der Waals surface area contributed by atoms with E-state index in [2.05, 4.69) is 47.2 Å². The van der Waals surface area contributed by atoms with Crippen molar-refractivity contribution >= 4 is 120 Å². The lowest BCUT2D eigenvalue weighted by molar-refractivity contribution is 0.102. The summed E-state index contributed by atoms with van der Waals surface area (Å²) in [6.45, 7) is 16.5. The standard InChI is InChI=1S/C18H14Cl2N2O3.C18H14ClFN2O3.C17H19NO4.C15H15ClO3S.C14H12BrNO/c2*1-10-6-8-12(9-7-10)24-18(23)21-16-11(2)25-22-17(16)15-13(19)4-3-5-14(15)20;1-11-5-7-13(8-6-11)18-17(19)12-9-14(20-2)16(22-4)15(10-12)21-3;1-10-4-6-13(7-5-10)19-20(17,18)15-9-11(2)14(16)8-12(15)3;1-10-2-5-13(6-3-10)16-9-11-8-12(15)4-7-14(11)17/h2*3-9H,1-2H3,(H,21,23);5-10H,1-4H3,(H,18,19);4-9H,1-3H3;2-9,17H,1H3. The molecule has 12 aromatic rings. The van der Waals surface area contributed by atoms with Gasteiger partial charge >= 0.3 is 22.3 Å². The van der Waals surface area contributed by atoms with E-state index >= 15 is 0 Å². The Hall–Kier alpha value is -11.2. The molecule has 0 saturated heterocycles. The number of anilines is 3. The van der Waals surface area contributed by atoms with Crippen molar-refractivity contribution < 1.29 is 69.2 Å². The minimum absolute atomic E-state index is 0.0478. The lowest BCUT2D eigenvalue weighted by Crippen LogP contribution is -2.17. The number of benzene rings is 10. The maximum atomic E-state index is 14.1. The number of ether oxygens (including phenoxy) is 5. The molecular weight excluding hydrogens is 1570 g/mol. The zero-order valence-corrected chi connectivity index (χ0v) is 66.3. The second-order valence-electron chi connectivity index (χ2n) is 24.0. The zero-order chi connectivity index (χ0) is 79.2. The van der Waals surface area contributed by atoms with E-state index in [1.165, 1.54) is 51.2 Å². The fourth-order valence-corrected chi connectivity index (χ4v) is 12.4. The molecule has 27 heteroatoms. The van der Waals surface area contributed by atoms with E-state index in [4.69, 9.17) is 83.3 Å². The smallest absolute Gasteiger partial charge is 0.417 e. The number of phenolic OH excluding ortho intramolecular Hbond substituents is 1. The number of halogens is 6. The molecule has 0 saturated carbocycles. The van der Waals surface area contributed by atoms with Crippen molar-refractivity contribution in [2.24, 2.45) is 4.99 Å². The molecule has 2 aromatic heterocycles. The number of methoxy groups -OCH3 is 3. The molecule has 2 heterocycles. The van der Waals surface area contributed by atoms with Gasteiger partial charge in [0, 0.05) is 38.1 Å². The Morgan fingerprint density at radius 1 is 0.514 bits per heavy atom. The number of aryl methyl sites for hydroxylation is 9. The number of carbonyl (C=O) groups is 3. The number of rotatable bonds is 16. The third-order valence-corrected chi connectivity index (χ3v) is 18.8. The molecule has 0 aliphatic heterocycles. The molecule has 0 radical (unpaired) electrons. The Balaban J connectivity index is 0.000000173. The SMILES string of the molecule is COc1cc(C(=O)Nc2ccc(C)cc2)cc(OC)c1OC.Cc1ccc(N=Cc2cc(Br)ccc2O)cc1.Cc1ccc(OC(=O)Nc2c(-c3c(Cl)cccc3Cl)noc2C)cc1.Cc1ccc(OC(=O)Nc2c(-c3c(F)cccc3Cl)noc2C)cc1.Cc1ccc(OS(=O)(=O)c2cc(C)c(Cl)cc2C)cc1. The topological polar surface area (TPSA) is 261 Å². The highest BCUT2D eigenvalue weighted by Gasteiger charge is 2.26. The first-order valence-corrected chi connectivity index (χ1v) is 36.6. The van der Waals surface area contributed by atoms with Gasteiger partial charge in [-0.2, -0.15) is 8.42 Å². The summed E-state index contributed by atoms with van der Waals surface area (Å²) in [5.74, 6) is 2.55. The van der Waals surface area contributed by atoms with Crippen LogP contribution in [-0.4, -0.2) is 69.5 Å². The highest BCUT2D eigenvalue weighted by atomic mass is 79.9. The van der Waals surface area contributed by atoms with Gasteiger partial charge in [-0.15, -0.1) is 0 Å². The minimum Gasteiger partial charge on any atom is -0.507 e. The number of aromatic hydroxyl groups is 1. The Morgan fingerprint density at radius 3 is 1.42 bits per heavy atom. The maximum absolute atomic E-state index is 14.1. The van der Waals surface area contributed by atoms with Crippen molar-refractivity contribution in [3.05, 3.63) is 292 Å². The Labute approximate surface area is 658 Å². The molecule has 0 bridgehead atoms. The van der Waals surface area contributed by atoms with Gasteiger partial charge < -0.3 is 47.3 Å². The van der Waals surface area contributed by atoms with E-state index in [1.54, 1.807) is 131 Å². The molecule has 0 fully saturated rings. The second-order valence-corrected chi connectivity index (χ2v) is 28.1. The van der Waals surface area contributed by atoms with Crippen molar-refractivity contribution in [1.29, 1.82) is 0 Å². The zero-order valence-electron chi connectivity index (χ0n) is 60.9. The van der Waals surface area contributed by atoms with Crippen LogP contribution in [0.1, 0.15) is 66.4 Å². The van der Waals surface area contributed by atoms with E-state index < -0.39 is 28.1 Å². The van der Waals surface area contributed by atoms with E-state index in [1.807, 2.05) is 113 Å². The average molecular weight is 1640 g/mol. The van der Waals surface area contributed by atoms with Gasteiger partial charge in [0.15, 0.2) is 23.0 Å². The number of nitrogens with one attached hydrogen (secondary N) is 3. The van der Waals surface area contributed by atoms with Crippen LogP contribution in [0.2, 0.25) is 20.1 Å². The Bertz CT molecular complexity index is 5100. The highest BCUT2D eigenvalue weighted by Crippen LogP contribution is 2.42. The maximum Gasteiger partial charge on any atom is 0.417 e. The number of carbonyl (C=O) groups excluding carboxylic acids is 3. The number of hydrogen-bond acceptors (Lipinski definition) is 17. The van der Waals surface area contributed by atoms with Gasteiger partial charge in [-0.3, -0.25) is 20.4 Å². The van der Waals surface area contributed by atoms with Crippen LogP contribution in [0, 0.1) is 68.1 Å². The van der Waals surface area contributed by atoms with Crippen LogP contribution in [0.25, 0.3) is 22.5 Å². The summed E-state index contributed by atoms with van der Waals surface area (Å²) < 4.78 is 81.3. The molecule has 0 atom stereocenters. The van der Waals surface area contributed by atoms with Crippen LogP contribution in [0.4, 0.5) is 36.7 Å². The fraction of sp³-hybridized carbons (Fsp3) is 0.146. The quantitative estimate of drug-likeness (QED) is 0.0518. The molecule has 564 valence electrons. The summed E-state index contributed by atoms with van der Waals surface area (Å²) in [7, 11) is 0.691. The van der Waals surface area contributed by atoms with Gasteiger partial charge in [0.1, 0.15) is 56.5 Å². The van der Waals surface area contributed by atoms with Crippen LogP contribution >= 0.6 is 62.3 Å². The van der Waals surface area contributed by atoms with Crippen LogP contribution < -0.4 is 43.8 Å². The van der Waals surface area contributed by atoms with Crippen molar-refractivity contribution in [1.82, 2.24) is 10.3 Å². The van der Waals surface area contributed by atoms with Crippen LogP contribution in [0.15, 0.2) is 224 Å². The van der Waals surface area contributed by atoms with Gasteiger partial charge in [0.05, 0.1) is 47.6 Å². The first kappa shape index (κ1) is 83.5. The molecule has 0 aliphatic rings. The third kappa shape index (κ3) is 23.7. The van der Waals surface area contributed by atoms with Gasteiger partial charge in [0.25, 0.3) is 5.91 Å². The summed E-state index contributed by atoms with van der Waals surface area (Å²) in [5, 5.41) is 26.9. The predicted octanol–water partition coefficient (Wildman–Crippen LogP) is 22.8. The Kier molecular flexibility index (Phi) is 29.9. The van der Waals surface area contributed by atoms with Crippen molar-refractivity contribution in [2.75, 3.05) is 37.3 Å². The van der Waals surface area contributed by atoms with E-state index in [-0.39, 0.29) is 38.5 Å². The monoisotopic (exact) mass is 1640 g/mol. The molecule has 10 aromatic carbocycles. The molecule has 12 rings (SSSR count). The molecule has 109 heavy (non-hydrogen) atoms. The normalized spacial score (nSPS) is 10.7. The lowest BCUT2D eigenvalue weighted by Gasteiger charge is -2.14. The molecular formula is C82H74BrCl4FN6O14S. The molecule has 0 aliphatic carbocycles. The number of aromatic nitrogens is 2. The van der Waals surface area contributed by atoms with Gasteiger partial charge in [0.2, 0.25) is 5.75 Å². The summed E-state index contributed by atoms with van der Waals surface area (Å²) in [4.78, 5) is 41.2. The van der Waals surface area contributed by atoms with Gasteiger partial charge in [-0.1, -0.05) is 173 Å². The van der Waals surface area contributed by atoms with Crippen LogP contribution in [0.5, 0.6) is 40.2 Å². The van der Waals surface area contributed by atoms with Crippen molar-refractivity contribution in [3.8, 4) is 62.8 Å². The van der Waals surface area contributed by atoms with Gasteiger partial charge in [-0.25, -0.2) is 14.0 Å². The molecule has 3 amide bonds. The Morgan fingerprint density at radius 2 is 0.954 bits per heavy atom. The summed E-state index contributed by atoms with van der Waals surface area (Å²) in [5.41, 5.74) is 11.0. The molecule has 0 unspecified atom stereocenters. The van der Waals surface area contributed by atoms with E-state index in [0.717, 1.165) is 38.1 Å². The number of amides is 3. The van der Waals surface area contributed by atoms with Crippen molar-refractivity contribution in [2.45, 2.75) is 67.2 Å². The average Bonchev–Trinajstić information content (AvgIpc) is 1.72. The third-order valence-electron chi connectivity index (χ3n) is 15.6. The largest absolute Gasteiger partial charge is 0.507 e. The van der Waals surface area contributed by atoms with Crippen LogP contribution in [0.3, 0.4) is 0 Å². The number of phenols is 1. The number of aliphatic imine (C=N–C) groups is 1. The molecule has 20 nitrogen and oxygen atoms in total. The molecule has 0 spiro atoms. The summed E-state index contributed by atoms with van der Waals surface area (Å²) >= 11 is 27.8. The summed E-state index contributed by atoms with van der Waals surface area (Å²) in [6, 6.07) is 57.4. The predicted molar refractivity (Wildman–Crippen MR) is 429 cm³/mol. The fourth-order valence-electron chi connectivity index (χ4n) is 9.76. The van der Waals surface area contributed by atoms with E-state index in [9.17, 15) is 32.3 Å². The van der Waals surface area contributed by atoms with Gasteiger partial charge in [-0.05, 0) is 201 Å². The van der Waals surface area contributed by atoms with E-state index in [0.29, 0.717) is 100 Å². The van der Waals surface area contributed by atoms with Crippen LogP contribution in [-0.2, 0) is 10.1 Å². The number of nitrogens with zero attached hydrogens (tertiary/aromatic N) is 3.